The van der Waals surface area contributed by atoms with Crippen LogP contribution < -0.4 is 0 Å². The number of hydrogen-bond donors (Lipinski definition) is 0. The molecule has 4 heteroatoms. The first-order valence-corrected chi connectivity index (χ1v) is 5.76. The fourth-order valence-electron chi connectivity index (χ4n) is 1.58. The molecule has 2 aromatic rings. The predicted octanol–water partition coefficient (Wildman–Crippen LogP) is 4.01. The molecule has 0 atom stereocenters. The molecule has 0 spiro atoms. The highest BCUT2D eigenvalue weighted by Gasteiger charge is 2.08. The Kier molecular flexibility index (Phi) is 4.18. The summed E-state index contributed by atoms with van der Waals surface area (Å²) >= 11 is 0. The molecule has 0 aromatic heterocycles. The third-order valence-electron chi connectivity index (χ3n) is 2.48. The third-order valence-corrected chi connectivity index (χ3v) is 2.48. The quantitative estimate of drug-likeness (QED) is 0.469. The van der Waals surface area contributed by atoms with Crippen molar-refractivity contribution in [2.24, 2.45) is 4.99 Å². The highest BCUT2D eigenvalue weighted by molar-refractivity contribution is 5.81. The van der Waals surface area contributed by atoms with Crippen LogP contribution in [0.15, 0.2) is 65.7 Å². The number of nitro groups is 1. The van der Waals surface area contributed by atoms with Crippen molar-refractivity contribution in [2.45, 2.75) is 0 Å². The third kappa shape index (κ3) is 3.61. The maximum atomic E-state index is 10.8. The largest absolute Gasteiger partial charge is 0.276 e. The van der Waals surface area contributed by atoms with Crippen LogP contribution in [-0.4, -0.2) is 11.1 Å². The molecule has 4 nitrogen and oxygen atoms in total. The van der Waals surface area contributed by atoms with E-state index in [1.54, 1.807) is 36.6 Å². The monoisotopic (exact) mass is 252 g/mol. The molecule has 0 fully saturated rings. The number of aliphatic imine (C=N–C) groups is 1. The van der Waals surface area contributed by atoms with Crippen molar-refractivity contribution >= 4 is 23.7 Å². The Balaban J connectivity index is 2.12. The van der Waals surface area contributed by atoms with Crippen molar-refractivity contribution in [2.75, 3.05) is 0 Å². The summed E-state index contributed by atoms with van der Waals surface area (Å²) < 4.78 is 0. The van der Waals surface area contributed by atoms with Crippen molar-refractivity contribution in [3.8, 4) is 0 Å². The molecule has 0 aliphatic rings. The van der Waals surface area contributed by atoms with Gasteiger partial charge in [-0.1, -0.05) is 30.3 Å². The van der Waals surface area contributed by atoms with Gasteiger partial charge in [0.1, 0.15) is 0 Å². The Morgan fingerprint density at radius 1 is 1.00 bits per heavy atom. The summed E-state index contributed by atoms with van der Waals surface area (Å²) in [6, 6.07) is 16.1. The number of allylic oxidation sites excluding steroid dienone is 1. The van der Waals surface area contributed by atoms with Gasteiger partial charge in [-0.15, -0.1) is 0 Å². The van der Waals surface area contributed by atoms with E-state index in [1.165, 1.54) is 6.07 Å². The fraction of sp³-hybridized carbons (Fsp3) is 0. The molecule has 0 aliphatic heterocycles. The number of rotatable bonds is 4. The van der Waals surface area contributed by atoms with Crippen LogP contribution in [-0.2, 0) is 0 Å². The summed E-state index contributed by atoms with van der Waals surface area (Å²) in [5, 5.41) is 10.8. The van der Waals surface area contributed by atoms with Crippen LogP contribution in [0.25, 0.3) is 6.08 Å². The molecule has 0 heterocycles. The van der Waals surface area contributed by atoms with E-state index in [-0.39, 0.29) is 5.69 Å². The average molecular weight is 252 g/mol. The molecule has 19 heavy (non-hydrogen) atoms. The number of nitro benzene ring substituents is 1. The second-order valence-electron chi connectivity index (χ2n) is 3.79. The molecule has 2 aromatic carbocycles. The molecule has 0 saturated carbocycles. The smallest absolute Gasteiger partial charge is 0.258 e. The minimum atomic E-state index is -0.395. The summed E-state index contributed by atoms with van der Waals surface area (Å²) in [4.78, 5) is 14.6. The summed E-state index contributed by atoms with van der Waals surface area (Å²) in [6.45, 7) is 0. The van der Waals surface area contributed by atoms with E-state index >= 15 is 0 Å². The highest BCUT2D eigenvalue weighted by atomic mass is 16.6. The molecule has 0 bridgehead atoms. The molecule has 0 unspecified atom stereocenters. The summed E-state index contributed by atoms with van der Waals surface area (Å²) in [5.74, 6) is 0. The van der Waals surface area contributed by atoms with E-state index in [9.17, 15) is 10.1 Å². The van der Waals surface area contributed by atoms with Crippen molar-refractivity contribution < 1.29 is 4.92 Å². The molecule has 94 valence electrons. The summed E-state index contributed by atoms with van der Waals surface area (Å²) in [5.41, 5.74) is 1.49. The van der Waals surface area contributed by atoms with Gasteiger partial charge in [0.25, 0.3) is 5.69 Å². The van der Waals surface area contributed by atoms with E-state index in [2.05, 4.69) is 4.99 Å². The van der Waals surface area contributed by atoms with Crippen LogP contribution >= 0.6 is 0 Å². The SMILES string of the molecule is O=[N+]([O-])c1ccccc1/C=C/C=Nc1ccccc1. The average Bonchev–Trinajstić information content (AvgIpc) is 2.45. The Morgan fingerprint density at radius 2 is 1.68 bits per heavy atom. The lowest BCUT2D eigenvalue weighted by molar-refractivity contribution is -0.385. The predicted molar refractivity (Wildman–Crippen MR) is 76.7 cm³/mol. The maximum absolute atomic E-state index is 10.8. The van der Waals surface area contributed by atoms with Crippen LogP contribution in [0.1, 0.15) is 5.56 Å². The normalized spacial score (nSPS) is 11.2. The standard InChI is InChI=1S/C15H12N2O2/c18-17(19)15-11-5-4-7-13(15)8-6-12-16-14-9-2-1-3-10-14/h1-12H/b8-6+,16-12?. The molecule has 0 aliphatic carbocycles. The number of hydrogen-bond acceptors (Lipinski definition) is 3. The lowest BCUT2D eigenvalue weighted by Crippen LogP contribution is -1.90. The first kappa shape index (κ1) is 12.7. The van der Waals surface area contributed by atoms with Gasteiger partial charge in [0.15, 0.2) is 0 Å². The zero-order chi connectivity index (χ0) is 13.5. The summed E-state index contributed by atoms with van der Waals surface area (Å²) in [7, 11) is 0. The van der Waals surface area contributed by atoms with Crippen LogP contribution in [0.3, 0.4) is 0 Å². The van der Waals surface area contributed by atoms with Gasteiger partial charge in [0.2, 0.25) is 0 Å². The highest BCUT2D eigenvalue weighted by Crippen LogP contribution is 2.18. The molecule has 0 N–H and O–H groups in total. The molecule has 2 rings (SSSR count). The van der Waals surface area contributed by atoms with Crippen molar-refractivity contribution in [1.82, 2.24) is 0 Å². The van der Waals surface area contributed by atoms with Gasteiger partial charge in [-0.2, -0.15) is 0 Å². The molecule has 0 radical (unpaired) electrons. The zero-order valence-corrected chi connectivity index (χ0v) is 10.1. The topological polar surface area (TPSA) is 55.5 Å². The van der Waals surface area contributed by atoms with Gasteiger partial charge in [-0.25, -0.2) is 0 Å². The lowest BCUT2D eigenvalue weighted by atomic mass is 10.1. The van der Waals surface area contributed by atoms with Crippen molar-refractivity contribution in [1.29, 1.82) is 0 Å². The van der Waals surface area contributed by atoms with E-state index in [0.29, 0.717) is 5.56 Å². The number of nitrogens with zero attached hydrogens (tertiary/aromatic N) is 2. The molecular formula is C15H12N2O2. The van der Waals surface area contributed by atoms with E-state index in [0.717, 1.165) is 5.69 Å². The molecule has 0 saturated heterocycles. The van der Waals surface area contributed by atoms with Crippen LogP contribution in [0.2, 0.25) is 0 Å². The van der Waals surface area contributed by atoms with E-state index < -0.39 is 4.92 Å². The molecular weight excluding hydrogens is 240 g/mol. The second kappa shape index (κ2) is 6.26. The lowest BCUT2D eigenvalue weighted by Gasteiger charge is -1.95. The number of benzene rings is 2. The fourth-order valence-corrected chi connectivity index (χ4v) is 1.58. The Labute approximate surface area is 110 Å². The van der Waals surface area contributed by atoms with Gasteiger partial charge < -0.3 is 0 Å². The minimum absolute atomic E-state index is 0.0897. The Bertz CT molecular complexity index is 619. The minimum Gasteiger partial charge on any atom is -0.258 e. The molecule has 0 amide bonds. The van der Waals surface area contributed by atoms with Gasteiger partial charge in [0.05, 0.1) is 16.2 Å². The maximum Gasteiger partial charge on any atom is 0.276 e. The zero-order valence-electron chi connectivity index (χ0n) is 10.1. The van der Waals surface area contributed by atoms with Crippen molar-refractivity contribution in [3.63, 3.8) is 0 Å². The van der Waals surface area contributed by atoms with E-state index in [1.807, 2.05) is 30.3 Å². The van der Waals surface area contributed by atoms with Crippen LogP contribution in [0.5, 0.6) is 0 Å². The summed E-state index contributed by atoms with van der Waals surface area (Å²) in [6.07, 6.45) is 4.98. The Morgan fingerprint density at radius 3 is 2.42 bits per heavy atom. The van der Waals surface area contributed by atoms with Gasteiger partial charge in [-0.05, 0) is 30.4 Å². The number of para-hydroxylation sites is 2. The van der Waals surface area contributed by atoms with Gasteiger partial charge in [-0.3, -0.25) is 15.1 Å². The van der Waals surface area contributed by atoms with E-state index in [4.69, 9.17) is 0 Å². The second-order valence-corrected chi connectivity index (χ2v) is 3.79. The van der Waals surface area contributed by atoms with Gasteiger partial charge in [0, 0.05) is 12.3 Å². The first-order chi connectivity index (χ1) is 9.27. The van der Waals surface area contributed by atoms with Crippen LogP contribution in [0, 0.1) is 10.1 Å². The Hall–Kier alpha value is -2.75. The first-order valence-electron chi connectivity index (χ1n) is 5.76. The van der Waals surface area contributed by atoms with Crippen LogP contribution in [0.4, 0.5) is 11.4 Å². The van der Waals surface area contributed by atoms with Gasteiger partial charge >= 0.3 is 0 Å². The van der Waals surface area contributed by atoms with Crippen molar-refractivity contribution in [3.05, 3.63) is 76.4 Å².